The van der Waals surface area contributed by atoms with Crippen LogP contribution in [-0.2, 0) is 6.18 Å². The zero-order valence-corrected chi connectivity index (χ0v) is 11.1. The SMILES string of the molecule is Nc1cc(C(F)(F)F)ccc1OCCOc1ccccc1. The molecule has 21 heavy (non-hydrogen) atoms. The van der Waals surface area contributed by atoms with Gasteiger partial charge in [-0.25, -0.2) is 0 Å². The second kappa shape index (κ2) is 6.39. The zero-order valence-electron chi connectivity index (χ0n) is 11.1. The van der Waals surface area contributed by atoms with Crippen molar-refractivity contribution in [2.24, 2.45) is 0 Å². The normalized spacial score (nSPS) is 11.2. The van der Waals surface area contributed by atoms with E-state index >= 15 is 0 Å². The van der Waals surface area contributed by atoms with Gasteiger partial charge in [-0.2, -0.15) is 13.2 Å². The van der Waals surface area contributed by atoms with Crippen LogP contribution >= 0.6 is 0 Å². The van der Waals surface area contributed by atoms with Crippen LogP contribution in [0.1, 0.15) is 5.56 Å². The van der Waals surface area contributed by atoms with Crippen LogP contribution in [-0.4, -0.2) is 13.2 Å². The molecule has 0 aliphatic heterocycles. The Balaban J connectivity index is 1.86. The van der Waals surface area contributed by atoms with E-state index in [-0.39, 0.29) is 24.7 Å². The van der Waals surface area contributed by atoms with Crippen LogP contribution in [0.15, 0.2) is 48.5 Å². The second-order valence-corrected chi connectivity index (χ2v) is 4.26. The smallest absolute Gasteiger partial charge is 0.416 e. The van der Waals surface area contributed by atoms with Gasteiger partial charge in [0.15, 0.2) is 0 Å². The average Bonchev–Trinajstić information content (AvgIpc) is 2.45. The third-order valence-corrected chi connectivity index (χ3v) is 2.69. The molecule has 0 bridgehead atoms. The van der Waals surface area contributed by atoms with Crippen LogP contribution in [0.2, 0.25) is 0 Å². The van der Waals surface area contributed by atoms with Crippen LogP contribution < -0.4 is 15.2 Å². The first-order valence-corrected chi connectivity index (χ1v) is 6.24. The summed E-state index contributed by atoms with van der Waals surface area (Å²) >= 11 is 0. The molecule has 2 aromatic carbocycles. The van der Waals surface area contributed by atoms with E-state index in [2.05, 4.69) is 0 Å². The van der Waals surface area contributed by atoms with E-state index < -0.39 is 11.7 Å². The van der Waals surface area contributed by atoms with Gasteiger partial charge in [0, 0.05) is 0 Å². The predicted molar refractivity (Wildman–Crippen MR) is 73.3 cm³/mol. The van der Waals surface area contributed by atoms with Crippen molar-refractivity contribution in [3.05, 3.63) is 54.1 Å². The highest BCUT2D eigenvalue weighted by Gasteiger charge is 2.30. The van der Waals surface area contributed by atoms with Crippen molar-refractivity contribution < 1.29 is 22.6 Å². The highest BCUT2D eigenvalue weighted by atomic mass is 19.4. The molecule has 2 rings (SSSR count). The van der Waals surface area contributed by atoms with E-state index in [1.165, 1.54) is 6.07 Å². The van der Waals surface area contributed by atoms with Gasteiger partial charge in [0.1, 0.15) is 24.7 Å². The molecule has 0 aromatic heterocycles. The minimum absolute atomic E-state index is 0.0514. The van der Waals surface area contributed by atoms with Crippen LogP contribution in [0.25, 0.3) is 0 Å². The molecule has 0 spiro atoms. The Hall–Kier alpha value is -2.37. The lowest BCUT2D eigenvalue weighted by Gasteiger charge is -2.12. The number of para-hydroxylation sites is 1. The van der Waals surface area contributed by atoms with Gasteiger partial charge >= 0.3 is 6.18 Å². The van der Waals surface area contributed by atoms with Crippen LogP contribution in [0.3, 0.4) is 0 Å². The molecule has 0 radical (unpaired) electrons. The first-order valence-electron chi connectivity index (χ1n) is 6.24. The van der Waals surface area contributed by atoms with Gasteiger partial charge in [0.05, 0.1) is 11.3 Å². The van der Waals surface area contributed by atoms with Gasteiger partial charge in [-0.15, -0.1) is 0 Å². The van der Waals surface area contributed by atoms with Gasteiger partial charge in [-0.1, -0.05) is 18.2 Å². The topological polar surface area (TPSA) is 44.5 Å². The lowest BCUT2D eigenvalue weighted by Crippen LogP contribution is -2.11. The summed E-state index contributed by atoms with van der Waals surface area (Å²) in [5.74, 6) is 0.904. The van der Waals surface area contributed by atoms with Gasteiger partial charge in [-0.3, -0.25) is 0 Å². The summed E-state index contributed by atoms with van der Waals surface area (Å²) in [5, 5.41) is 0. The lowest BCUT2D eigenvalue weighted by molar-refractivity contribution is -0.137. The van der Waals surface area contributed by atoms with E-state index in [1.54, 1.807) is 12.1 Å². The Kier molecular flexibility index (Phi) is 4.57. The quantitative estimate of drug-likeness (QED) is 0.675. The molecule has 0 heterocycles. The van der Waals surface area contributed by atoms with Crippen LogP contribution in [0, 0.1) is 0 Å². The molecular formula is C15H14F3NO2. The summed E-state index contributed by atoms with van der Waals surface area (Å²) in [6, 6.07) is 12.1. The molecular weight excluding hydrogens is 283 g/mol. The Morgan fingerprint density at radius 3 is 2.19 bits per heavy atom. The van der Waals surface area contributed by atoms with Crippen molar-refractivity contribution in [3.8, 4) is 11.5 Å². The number of nitrogen functional groups attached to an aromatic ring is 1. The number of ether oxygens (including phenoxy) is 2. The van der Waals surface area contributed by atoms with Crippen molar-refractivity contribution in [2.75, 3.05) is 18.9 Å². The van der Waals surface area contributed by atoms with Gasteiger partial charge in [-0.05, 0) is 30.3 Å². The number of benzene rings is 2. The largest absolute Gasteiger partial charge is 0.490 e. The van der Waals surface area contributed by atoms with E-state index in [0.29, 0.717) is 5.75 Å². The fourth-order valence-corrected chi connectivity index (χ4v) is 1.68. The molecule has 2 N–H and O–H groups in total. The number of halogens is 3. The van der Waals surface area contributed by atoms with Crippen LogP contribution in [0.5, 0.6) is 11.5 Å². The molecule has 0 atom stereocenters. The number of hydrogen-bond donors (Lipinski definition) is 1. The van der Waals surface area contributed by atoms with E-state index in [4.69, 9.17) is 15.2 Å². The number of anilines is 1. The fraction of sp³-hybridized carbons (Fsp3) is 0.200. The molecule has 2 aromatic rings. The summed E-state index contributed by atoms with van der Waals surface area (Å²) < 4.78 is 48.1. The Morgan fingerprint density at radius 1 is 0.905 bits per heavy atom. The molecule has 6 heteroatoms. The summed E-state index contributed by atoms with van der Waals surface area (Å²) in [6.45, 7) is 0.453. The Morgan fingerprint density at radius 2 is 1.57 bits per heavy atom. The number of rotatable bonds is 5. The van der Waals surface area contributed by atoms with E-state index in [0.717, 1.165) is 12.1 Å². The monoisotopic (exact) mass is 297 g/mol. The molecule has 0 saturated heterocycles. The minimum atomic E-state index is -4.41. The summed E-state index contributed by atoms with van der Waals surface area (Å²) in [4.78, 5) is 0. The first-order chi connectivity index (χ1) is 9.97. The molecule has 0 fully saturated rings. The van der Waals surface area contributed by atoms with E-state index in [1.807, 2.05) is 18.2 Å². The Bertz CT molecular complexity index is 585. The van der Waals surface area contributed by atoms with Crippen molar-refractivity contribution >= 4 is 5.69 Å². The molecule has 0 aliphatic rings. The fourth-order valence-electron chi connectivity index (χ4n) is 1.68. The Labute approximate surface area is 120 Å². The standard InChI is InChI=1S/C15H14F3NO2/c16-15(17,18)11-6-7-14(13(19)10-11)21-9-8-20-12-4-2-1-3-5-12/h1-7,10H,8-9,19H2. The van der Waals surface area contributed by atoms with Crippen molar-refractivity contribution in [1.29, 1.82) is 0 Å². The maximum absolute atomic E-state index is 12.5. The van der Waals surface area contributed by atoms with Crippen molar-refractivity contribution in [1.82, 2.24) is 0 Å². The maximum atomic E-state index is 12.5. The third-order valence-electron chi connectivity index (χ3n) is 2.69. The zero-order chi connectivity index (χ0) is 15.3. The molecule has 0 amide bonds. The maximum Gasteiger partial charge on any atom is 0.416 e. The van der Waals surface area contributed by atoms with Gasteiger partial charge < -0.3 is 15.2 Å². The summed E-state index contributed by atoms with van der Waals surface area (Å²) in [5.41, 5.74) is 4.70. The van der Waals surface area contributed by atoms with Crippen molar-refractivity contribution in [3.63, 3.8) is 0 Å². The molecule has 0 unspecified atom stereocenters. The molecule has 3 nitrogen and oxygen atoms in total. The van der Waals surface area contributed by atoms with Crippen molar-refractivity contribution in [2.45, 2.75) is 6.18 Å². The number of hydrogen-bond acceptors (Lipinski definition) is 3. The highest BCUT2D eigenvalue weighted by molar-refractivity contribution is 5.54. The lowest BCUT2D eigenvalue weighted by atomic mass is 10.2. The van der Waals surface area contributed by atoms with Gasteiger partial charge in [0.2, 0.25) is 0 Å². The average molecular weight is 297 g/mol. The van der Waals surface area contributed by atoms with Crippen LogP contribution in [0.4, 0.5) is 18.9 Å². The number of nitrogens with two attached hydrogens (primary N) is 1. The number of alkyl halides is 3. The van der Waals surface area contributed by atoms with Gasteiger partial charge in [0.25, 0.3) is 0 Å². The second-order valence-electron chi connectivity index (χ2n) is 4.26. The summed E-state index contributed by atoms with van der Waals surface area (Å²) in [6.07, 6.45) is -4.41. The summed E-state index contributed by atoms with van der Waals surface area (Å²) in [7, 11) is 0. The molecule has 0 aliphatic carbocycles. The minimum Gasteiger partial charge on any atom is -0.490 e. The highest BCUT2D eigenvalue weighted by Crippen LogP contribution is 2.33. The molecule has 0 saturated carbocycles. The molecule has 112 valence electrons. The van der Waals surface area contributed by atoms with E-state index in [9.17, 15) is 13.2 Å². The third kappa shape index (κ3) is 4.30. The predicted octanol–water partition coefficient (Wildman–Crippen LogP) is 3.75. The first kappa shape index (κ1) is 15.0.